The summed E-state index contributed by atoms with van der Waals surface area (Å²) in [5, 5.41) is 2.71. The molecule has 0 spiro atoms. The number of benzene rings is 1. The van der Waals surface area contributed by atoms with Crippen molar-refractivity contribution in [3.8, 4) is 0 Å². The summed E-state index contributed by atoms with van der Waals surface area (Å²) in [4.78, 5) is 30.9. The van der Waals surface area contributed by atoms with Crippen molar-refractivity contribution in [2.75, 3.05) is 13.1 Å². The molecule has 3 aromatic rings. The van der Waals surface area contributed by atoms with Gasteiger partial charge in [-0.05, 0) is 56.6 Å². The highest BCUT2D eigenvalue weighted by atomic mass is 16.2. The number of carbonyl (C=O) groups is 1. The molecular formula is C22H26N4O2. The molecule has 28 heavy (non-hydrogen) atoms. The lowest BCUT2D eigenvalue weighted by molar-refractivity contribution is 0.0666. The van der Waals surface area contributed by atoms with Gasteiger partial charge in [0.1, 0.15) is 0 Å². The highest BCUT2D eigenvalue weighted by Gasteiger charge is 2.26. The van der Waals surface area contributed by atoms with E-state index in [1.807, 2.05) is 11.8 Å². The van der Waals surface area contributed by atoms with Gasteiger partial charge in [-0.1, -0.05) is 24.3 Å². The molecule has 0 bridgehead atoms. The fourth-order valence-corrected chi connectivity index (χ4v) is 4.19. The molecule has 1 N–H and O–H groups in total. The third-order valence-electron chi connectivity index (χ3n) is 5.88. The van der Waals surface area contributed by atoms with E-state index in [4.69, 9.17) is 0 Å². The van der Waals surface area contributed by atoms with Gasteiger partial charge in [0.15, 0.2) is 5.65 Å². The first kappa shape index (κ1) is 18.5. The van der Waals surface area contributed by atoms with Gasteiger partial charge in [0.25, 0.3) is 11.5 Å². The van der Waals surface area contributed by atoms with E-state index in [0.29, 0.717) is 17.1 Å². The number of piperidine rings is 1. The van der Waals surface area contributed by atoms with Gasteiger partial charge < -0.3 is 4.90 Å². The minimum absolute atomic E-state index is 0.00189. The van der Waals surface area contributed by atoms with E-state index in [1.165, 1.54) is 17.2 Å². The molecule has 1 fully saturated rings. The standard InChI is InChI=1S/C22H26N4O2/c1-15-6-3-4-8-18(15)10-9-17-7-5-11-25(14-17)22(28)19-13-23-20-12-21(27)24-26(20)16(19)2/h3-4,6,8,12-13,17H,5,7,9-11,14H2,1-2H3,(H,24,27)/t17-/m1/s1. The number of hydrogen-bond donors (Lipinski definition) is 1. The van der Waals surface area contributed by atoms with Gasteiger partial charge in [-0.25, -0.2) is 9.50 Å². The van der Waals surface area contributed by atoms with Crippen molar-refractivity contribution in [3.05, 3.63) is 69.3 Å². The molecule has 1 aliphatic rings. The van der Waals surface area contributed by atoms with Crippen LogP contribution >= 0.6 is 0 Å². The zero-order valence-corrected chi connectivity index (χ0v) is 16.4. The third kappa shape index (κ3) is 3.59. The predicted molar refractivity (Wildman–Crippen MR) is 109 cm³/mol. The van der Waals surface area contributed by atoms with Gasteiger partial charge in [0.05, 0.1) is 11.3 Å². The molecule has 6 nitrogen and oxygen atoms in total. The van der Waals surface area contributed by atoms with E-state index < -0.39 is 0 Å². The maximum atomic E-state index is 13.1. The summed E-state index contributed by atoms with van der Waals surface area (Å²) in [5.74, 6) is 0.516. The van der Waals surface area contributed by atoms with Crippen LogP contribution in [-0.2, 0) is 6.42 Å². The van der Waals surface area contributed by atoms with Crippen LogP contribution in [0.2, 0.25) is 0 Å². The number of H-pyrrole nitrogens is 1. The molecule has 0 unspecified atom stereocenters. The average molecular weight is 378 g/mol. The topological polar surface area (TPSA) is 70.5 Å². The van der Waals surface area contributed by atoms with Gasteiger partial charge in [-0.15, -0.1) is 0 Å². The molecule has 4 rings (SSSR count). The quantitative estimate of drug-likeness (QED) is 0.758. The summed E-state index contributed by atoms with van der Waals surface area (Å²) < 4.78 is 1.59. The molecule has 1 amide bonds. The molecule has 1 saturated heterocycles. The smallest absolute Gasteiger partial charge is 0.266 e. The van der Waals surface area contributed by atoms with Crippen LogP contribution < -0.4 is 5.56 Å². The van der Waals surface area contributed by atoms with Crippen molar-refractivity contribution < 1.29 is 4.79 Å². The second-order valence-electron chi connectivity index (χ2n) is 7.80. The monoisotopic (exact) mass is 378 g/mol. The molecule has 1 aromatic carbocycles. The lowest BCUT2D eigenvalue weighted by Crippen LogP contribution is -2.40. The summed E-state index contributed by atoms with van der Waals surface area (Å²) >= 11 is 0. The summed E-state index contributed by atoms with van der Waals surface area (Å²) in [6.07, 6.45) is 5.93. The SMILES string of the molecule is Cc1ccccc1CC[C@H]1CCCN(C(=O)c2cnc3cc(=O)[nH]n3c2C)C1. The normalized spacial score (nSPS) is 17.2. The molecule has 0 saturated carbocycles. The molecule has 6 heteroatoms. The van der Waals surface area contributed by atoms with E-state index in [2.05, 4.69) is 41.3 Å². The van der Waals surface area contributed by atoms with Crippen LogP contribution in [0.4, 0.5) is 0 Å². The molecule has 1 aliphatic heterocycles. The van der Waals surface area contributed by atoms with E-state index in [1.54, 1.807) is 10.7 Å². The number of hydrogen-bond acceptors (Lipinski definition) is 3. The van der Waals surface area contributed by atoms with Crippen molar-refractivity contribution in [2.24, 2.45) is 5.92 Å². The fraction of sp³-hybridized carbons (Fsp3) is 0.409. The van der Waals surface area contributed by atoms with Crippen LogP contribution in [0.3, 0.4) is 0 Å². The van der Waals surface area contributed by atoms with Gasteiger partial charge in [-0.2, -0.15) is 0 Å². The van der Waals surface area contributed by atoms with Crippen molar-refractivity contribution in [1.82, 2.24) is 19.5 Å². The first-order chi connectivity index (χ1) is 13.5. The number of aromatic nitrogens is 3. The number of nitrogens with one attached hydrogen (secondary N) is 1. The predicted octanol–water partition coefficient (Wildman–Crippen LogP) is 3.12. The number of aryl methyl sites for hydroxylation is 3. The van der Waals surface area contributed by atoms with E-state index in [9.17, 15) is 9.59 Å². The second-order valence-corrected chi connectivity index (χ2v) is 7.80. The zero-order valence-electron chi connectivity index (χ0n) is 16.4. The Kier molecular flexibility index (Phi) is 5.03. The van der Waals surface area contributed by atoms with Crippen molar-refractivity contribution in [2.45, 2.75) is 39.5 Å². The Labute approximate surface area is 164 Å². The van der Waals surface area contributed by atoms with Crippen molar-refractivity contribution >= 4 is 11.6 Å². The Morgan fingerprint density at radius 1 is 1.29 bits per heavy atom. The van der Waals surface area contributed by atoms with Crippen LogP contribution in [0, 0.1) is 19.8 Å². The lowest BCUT2D eigenvalue weighted by atomic mass is 9.90. The minimum Gasteiger partial charge on any atom is -0.338 e. The maximum Gasteiger partial charge on any atom is 0.266 e. The Morgan fingerprint density at radius 3 is 2.93 bits per heavy atom. The molecule has 146 valence electrons. The van der Waals surface area contributed by atoms with Crippen LogP contribution in [0.5, 0.6) is 0 Å². The molecule has 1 atom stereocenters. The Morgan fingerprint density at radius 2 is 2.11 bits per heavy atom. The van der Waals surface area contributed by atoms with Gasteiger partial charge >= 0.3 is 0 Å². The zero-order chi connectivity index (χ0) is 19.7. The average Bonchev–Trinajstić information content (AvgIpc) is 3.09. The van der Waals surface area contributed by atoms with Gasteiger partial charge in [-0.3, -0.25) is 14.7 Å². The number of likely N-dealkylation sites (tertiary alicyclic amines) is 1. The van der Waals surface area contributed by atoms with Crippen LogP contribution in [0.15, 0.2) is 41.3 Å². The molecular weight excluding hydrogens is 352 g/mol. The Bertz CT molecular complexity index is 1070. The largest absolute Gasteiger partial charge is 0.338 e. The highest BCUT2D eigenvalue weighted by Crippen LogP contribution is 2.24. The van der Waals surface area contributed by atoms with Crippen LogP contribution in [0.25, 0.3) is 5.65 Å². The fourth-order valence-electron chi connectivity index (χ4n) is 4.19. The number of fused-ring (bicyclic) bond motifs is 1. The van der Waals surface area contributed by atoms with Crippen molar-refractivity contribution in [3.63, 3.8) is 0 Å². The van der Waals surface area contributed by atoms with E-state index in [0.717, 1.165) is 44.5 Å². The maximum absolute atomic E-state index is 13.1. The number of rotatable bonds is 4. The van der Waals surface area contributed by atoms with Crippen molar-refractivity contribution in [1.29, 1.82) is 0 Å². The Balaban J connectivity index is 1.47. The van der Waals surface area contributed by atoms with E-state index >= 15 is 0 Å². The summed E-state index contributed by atoms with van der Waals surface area (Å²) in [6, 6.07) is 9.96. The summed E-state index contributed by atoms with van der Waals surface area (Å²) in [5.41, 5.74) is 4.33. The molecule has 2 aromatic heterocycles. The van der Waals surface area contributed by atoms with Gasteiger partial charge in [0, 0.05) is 25.4 Å². The number of carbonyl (C=O) groups excluding carboxylic acids is 1. The minimum atomic E-state index is -0.213. The Hall–Kier alpha value is -2.89. The van der Waals surface area contributed by atoms with Crippen LogP contribution in [-0.4, -0.2) is 38.5 Å². The second kappa shape index (κ2) is 7.62. The lowest BCUT2D eigenvalue weighted by Gasteiger charge is -2.33. The number of amides is 1. The summed E-state index contributed by atoms with van der Waals surface area (Å²) in [7, 11) is 0. The number of aromatic amines is 1. The van der Waals surface area contributed by atoms with E-state index in [-0.39, 0.29) is 11.5 Å². The first-order valence-corrected chi connectivity index (χ1v) is 9.94. The first-order valence-electron chi connectivity index (χ1n) is 9.94. The highest BCUT2D eigenvalue weighted by molar-refractivity contribution is 5.95. The van der Waals surface area contributed by atoms with Gasteiger partial charge in [0.2, 0.25) is 0 Å². The third-order valence-corrected chi connectivity index (χ3v) is 5.88. The number of nitrogens with zero attached hydrogens (tertiary/aromatic N) is 3. The molecule has 0 radical (unpaired) electrons. The molecule has 0 aliphatic carbocycles. The summed E-state index contributed by atoms with van der Waals surface area (Å²) in [6.45, 7) is 5.56. The molecule has 3 heterocycles. The van der Waals surface area contributed by atoms with Crippen LogP contribution in [0.1, 0.15) is 46.4 Å².